The van der Waals surface area contributed by atoms with Crippen LogP contribution in [0, 0.1) is 23.4 Å². The van der Waals surface area contributed by atoms with Crippen LogP contribution in [0.25, 0.3) is 0 Å². The molecule has 0 fully saturated rings. The fourth-order valence-corrected chi connectivity index (χ4v) is 7.50. The molecule has 12 heteroatoms. The van der Waals surface area contributed by atoms with E-state index in [0.717, 1.165) is 6.07 Å². The minimum Gasteiger partial charge on any atom is -0.380 e. The van der Waals surface area contributed by atoms with Crippen LogP contribution in [0.5, 0.6) is 0 Å². The fraction of sp³-hybridized carbons (Fsp3) is 0.400. The third-order valence-electron chi connectivity index (χ3n) is 6.53. The van der Waals surface area contributed by atoms with E-state index >= 15 is 0 Å². The van der Waals surface area contributed by atoms with Gasteiger partial charge in [-0.05, 0) is 62.8 Å². The van der Waals surface area contributed by atoms with Crippen LogP contribution in [-0.4, -0.2) is 44.5 Å². The number of hydrogen-bond donors (Lipinski definition) is 2. The third-order valence-corrected chi connectivity index (χ3v) is 9.05. The molecule has 2 aliphatic carbocycles. The van der Waals surface area contributed by atoms with Crippen LogP contribution in [0.1, 0.15) is 43.5 Å². The highest BCUT2D eigenvalue weighted by atomic mass is 35.5. The lowest BCUT2D eigenvalue weighted by Gasteiger charge is -2.36. The first-order valence-corrected chi connectivity index (χ1v) is 13.5. The number of ether oxygens (including phenoxy) is 2. The van der Waals surface area contributed by atoms with Gasteiger partial charge in [-0.1, -0.05) is 11.6 Å². The number of hydrogen-bond acceptors (Lipinski definition) is 6. The summed E-state index contributed by atoms with van der Waals surface area (Å²) in [7, 11) is -4.26. The van der Waals surface area contributed by atoms with Gasteiger partial charge in [0.25, 0.3) is 5.91 Å². The highest BCUT2D eigenvalue weighted by Crippen LogP contribution is 2.55. The maximum atomic E-state index is 13.8. The number of allylic oxidation sites excluding steroid dienone is 1. The summed E-state index contributed by atoms with van der Waals surface area (Å²) in [5.41, 5.74) is -1.86. The standard InChI is InChI=1S/C25H25ClF3NO6S/c1-3-35-24(36-4-2)25(32)12-14-5-7-16(25)22(14)37(33,34)20-9-13(6-8-17(20)26)23(31)30-15-10-18(27)21(29)19(28)11-15/h6,8-11,14,24,32H,3-5,7,12H2,1-2H3,(H,30,31)/t14?,25-/m1/s1. The van der Waals surface area contributed by atoms with Gasteiger partial charge in [-0.3, -0.25) is 4.79 Å². The summed E-state index contributed by atoms with van der Waals surface area (Å²) >= 11 is 6.25. The number of carbonyl (C=O) groups is 1. The van der Waals surface area contributed by atoms with Crippen LogP contribution in [0.4, 0.5) is 18.9 Å². The van der Waals surface area contributed by atoms with E-state index in [1.54, 1.807) is 13.8 Å². The molecule has 1 unspecified atom stereocenters. The Hall–Kier alpha value is -2.44. The van der Waals surface area contributed by atoms with Crippen LogP contribution in [-0.2, 0) is 19.3 Å². The number of anilines is 1. The minimum atomic E-state index is -4.26. The molecule has 2 aromatic rings. The van der Waals surface area contributed by atoms with E-state index in [-0.39, 0.29) is 45.7 Å². The van der Waals surface area contributed by atoms with Crippen molar-refractivity contribution in [3.8, 4) is 0 Å². The molecule has 0 heterocycles. The van der Waals surface area contributed by atoms with Crippen LogP contribution >= 0.6 is 11.6 Å². The normalized spacial score (nSPS) is 21.2. The predicted octanol–water partition coefficient (Wildman–Crippen LogP) is 4.98. The molecule has 0 aromatic heterocycles. The zero-order valence-corrected chi connectivity index (χ0v) is 21.6. The molecule has 0 spiro atoms. The number of nitrogens with one attached hydrogen (secondary N) is 1. The molecular formula is C25H25ClF3NO6S. The third kappa shape index (κ3) is 4.90. The monoisotopic (exact) mass is 559 g/mol. The summed E-state index contributed by atoms with van der Waals surface area (Å²) in [4.78, 5) is 12.4. The number of halogens is 4. The van der Waals surface area contributed by atoms with Crippen LogP contribution in [0.15, 0.2) is 45.7 Å². The number of aliphatic hydroxyl groups is 1. The zero-order chi connectivity index (χ0) is 27.1. The van der Waals surface area contributed by atoms with Crippen molar-refractivity contribution in [3.63, 3.8) is 0 Å². The number of benzene rings is 2. The van der Waals surface area contributed by atoms with Gasteiger partial charge < -0.3 is 19.9 Å². The van der Waals surface area contributed by atoms with E-state index in [2.05, 4.69) is 5.32 Å². The fourth-order valence-electron chi connectivity index (χ4n) is 4.99. The zero-order valence-electron chi connectivity index (χ0n) is 20.0. The Morgan fingerprint density at radius 3 is 2.38 bits per heavy atom. The van der Waals surface area contributed by atoms with Gasteiger partial charge in [0.2, 0.25) is 9.84 Å². The summed E-state index contributed by atoms with van der Waals surface area (Å²) in [6, 6.07) is 4.70. The average Bonchev–Trinajstić information content (AvgIpc) is 3.39. The maximum Gasteiger partial charge on any atom is 0.255 e. The second-order valence-electron chi connectivity index (χ2n) is 8.81. The van der Waals surface area contributed by atoms with Crippen LogP contribution < -0.4 is 5.32 Å². The molecule has 0 saturated carbocycles. The molecule has 4 rings (SSSR count). The Labute approximate surface area is 217 Å². The molecule has 2 aliphatic rings. The smallest absolute Gasteiger partial charge is 0.255 e. The van der Waals surface area contributed by atoms with Gasteiger partial charge in [0.15, 0.2) is 23.7 Å². The van der Waals surface area contributed by atoms with E-state index in [0.29, 0.717) is 30.5 Å². The van der Waals surface area contributed by atoms with Crippen molar-refractivity contribution in [2.75, 3.05) is 18.5 Å². The van der Waals surface area contributed by atoms with E-state index in [4.69, 9.17) is 21.1 Å². The van der Waals surface area contributed by atoms with E-state index in [9.17, 15) is 31.5 Å². The van der Waals surface area contributed by atoms with Gasteiger partial charge >= 0.3 is 0 Å². The Morgan fingerprint density at radius 1 is 1.16 bits per heavy atom. The van der Waals surface area contributed by atoms with Crippen LogP contribution in [0.3, 0.4) is 0 Å². The molecule has 0 saturated heterocycles. The van der Waals surface area contributed by atoms with Crippen molar-refractivity contribution in [2.24, 2.45) is 5.92 Å². The molecule has 200 valence electrons. The van der Waals surface area contributed by atoms with Gasteiger partial charge in [0, 0.05) is 36.6 Å². The SMILES string of the molecule is CCOC(OCC)[C@@]1(O)CC2CCC1=C2S(=O)(=O)c1cc(C(=O)Nc2cc(F)c(F)c(F)c2)ccc1Cl. The molecule has 0 radical (unpaired) electrons. The maximum absolute atomic E-state index is 13.8. The molecule has 0 aliphatic heterocycles. The van der Waals surface area contributed by atoms with Crippen molar-refractivity contribution in [1.82, 2.24) is 0 Å². The summed E-state index contributed by atoms with van der Waals surface area (Å²) < 4.78 is 79.0. The summed E-state index contributed by atoms with van der Waals surface area (Å²) in [6.07, 6.45) is -0.110. The van der Waals surface area contributed by atoms with Crippen molar-refractivity contribution < 1.29 is 41.0 Å². The second-order valence-corrected chi connectivity index (χ2v) is 11.1. The molecular weight excluding hydrogens is 535 g/mol. The summed E-state index contributed by atoms with van der Waals surface area (Å²) in [5.74, 6) is -6.06. The van der Waals surface area contributed by atoms with Crippen molar-refractivity contribution in [3.05, 3.63) is 68.8 Å². The summed E-state index contributed by atoms with van der Waals surface area (Å²) in [5, 5.41) is 13.5. The number of amides is 1. The average molecular weight is 560 g/mol. The predicted molar refractivity (Wildman–Crippen MR) is 129 cm³/mol. The lowest BCUT2D eigenvalue weighted by atomic mass is 9.84. The number of carbonyl (C=O) groups excluding carboxylic acids is 1. The molecule has 2 N–H and O–H groups in total. The van der Waals surface area contributed by atoms with Gasteiger partial charge in [-0.2, -0.15) is 0 Å². The van der Waals surface area contributed by atoms with Gasteiger partial charge in [-0.25, -0.2) is 21.6 Å². The molecule has 7 nitrogen and oxygen atoms in total. The molecule has 2 bridgehead atoms. The molecule has 2 atom stereocenters. The van der Waals surface area contributed by atoms with Crippen molar-refractivity contribution >= 4 is 33.0 Å². The number of sulfone groups is 1. The second kappa shape index (κ2) is 10.4. The highest BCUT2D eigenvalue weighted by molar-refractivity contribution is 7.95. The number of rotatable bonds is 9. The van der Waals surface area contributed by atoms with Gasteiger partial charge in [0.1, 0.15) is 5.60 Å². The summed E-state index contributed by atoms with van der Waals surface area (Å²) in [6.45, 7) is 3.97. The van der Waals surface area contributed by atoms with Crippen molar-refractivity contribution in [1.29, 1.82) is 0 Å². The first kappa shape index (κ1) is 27.6. The quantitative estimate of drug-likeness (QED) is 0.332. The molecule has 2 aromatic carbocycles. The van der Waals surface area contributed by atoms with Gasteiger partial charge in [0.05, 0.1) is 14.8 Å². The van der Waals surface area contributed by atoms with E-state index < -0.39 is 51.0 Å². The van der Waals surface area contributed by atoms with E-state index in [1.165, 1.54) is 12.1 Å². The Bertz CT molecular complexity index is 1350. The first-order chi connectivity index (χ1) is 17.4. The Morgan fingerprint density at radius 2 is 1.78 bits per heavy atom. The van der Waals surface area contributed by atoms with Crippen molar-refractivity contribution in [2.45, 2.75) is 49.9 Å². The molecule has 1 amide bonds. The van der Waals surface area contributed by atoms with Gasteiger partial charge in [-0.15, -0.1) is 0 Å². The Kier molecular flexibility index (Phi) is 7.74. The highest BCUT2D eigenvalue weighted by Gasteiger charge is 2.57. The topological polar surface area (TPSA) is 102 Å². The minimum absolute atomic E-state index is 0.0292. The first-order valence-electron chi connectivity index (χ1n) is 11.6. The van der Waals surface area contributed by atoms with E-state index in [1.807, 2.05) is 0 Å². The lowest BCUT2D eigenvalue weighted by Crippen LogP contribution is -2.47. The molecule has 37 heavy (non-hydrogen) atoms. The largest absolute Gasteiger partial charge is 0.380 e. The Balaban J connectivity index is 1.70. The number of fused-ring (bicyclic) bond motifs is 1. The van der Waals surface area contributed by atoms with Crippen LogP contribution in [0.2, 0.25) is 5.02 Å². The lowest BCUT2D eigenvalue weighted by molar-refractivity contribution is -0.225.